The molecule has 16 heavy (non-hydrogen) atoms. The van der Waals surface area contributed by atoms with Crippen molar-refractivity contribution in [1.82, 2.24) is 19.6 Å². The summed E-state index contributed by atoms with van der Waals surface area (Å²) in [6.07, 6.45) is 8.17. The zero-order valence-electron chi connectivity index (χ0n) is 9.03. The van der Waals surface area contributed by atoms with Gasteiger partial charge in [0.1, 0.15) is 0 Å². The minimum atomic E-state index is 0.863. The average molecular weight is 538 g/mol. The monoisotopic (exact) mass is 538 g/mol. The minimum absolute atomic E-state index is 0.863. The molecule has 0 aromatic rings. The summed E-state index contributed by atoms with van der Waals surface area (Å²) in [6.45, 7) is 4.97. The van der Waals surface area contributed by atoms with Crippen LogP contribution in [0.25, 0.3) is 0 Å². The molecule has 2 aliphatic heterocycles. The molecule has 0 fully saturated rings. The first-order chi connectivity index (χ1) is 7.65. The van der Waals surface area contributed by atoms with Crippen LogP contribution in [0.4, 0.5) is 0 Å². The van der Waals surface area contributed by atoms with Crippen molar-refractivity contribution >= 4 is 39.0 Å². The van der Waals surface area contributed by atoms with Crippen LogP contribution >= 0.6 is 39.0 Å². The van der Waals surface area contributed by atoms with Crippen molar-refractivity contribution in [2.75, 3.05) is 20.8 Å². The van der Waals surface area contributed by atoms with Gasteiger partial charge in [0.05, 0.1) is 0 Å². The van der Waals surface area contributed by atoms with E-state index in [0.717, 1.165) is 17.4 Å². The molecule has 0 aliphatic carbocycles. The summed E-state index contributed by atoms with van der Waals surface area (Å²) in [7, 11) is 4.93. The molecule has 96 valence electrons. The molecule has 0 amide bonds. The fraction of sp³-hybridized carbons (Fsp3) is 0.333. The molecule has 0 saturated carbocycles. The summed E-state index contributed by atoms with van der Waals surface area (Å²) in [6, 6.07) is 0. The molecule has 2 heterocycles. The Morgan fingerprint density at radius 3 is 1.56 bits per heavy atom. The second-order valence-electron chi connectivity index (χ2n) is 3.37. The molecule has 0 aromatic carbocycles. The molecular weight excluding hydrogens is 524 g/mol. The third-order valence-electron chi connectivity index (χ3n) is 1.97. The number of halogens is 2. The van der Waals surface area contributed by atoms with E-state index in [4.69, 9.17) is 0 Å². The van der Waals surface area contributed by atoms with Crippen LogP contribution in [0, 0.1) is 13.3 Å². The fourth-order valence-electron chi connectivity index (χ4n) is 1.36. The third-order valence-corrected chi connectivity index (χ3v) is 1.97. The summed E-state index contributed by atoms with van der Waals surface area (Å²) in [5, 5.41) is 0. The molecule has 7 heteroatoms. The predicted molar refractivity (Wildman–Crippen MR) is 79.0 cm³/mol. The molecule has 0 spiro atoms. The van der Waals surface area contributed by atoms with Gasteiger partial charge in [0, 0.05) is 6.67 Å². The van der Waals surface area contributed by atoms with E-state index in [1.54, 1.807) is 0 Å². The van der Waals surface area contributed by atoms with E-state index in [2.05, 4.69) is 74.6 Å². The molecular formula is C9H14I2N4Pd-2. The predicted octanol–water partition coefficient (Wildman–Crippen LogP) is 2.39. The van der Waals surface area contributed by atoms with Gasteiger partial charge in [-0.05, 0) is 38.9 Å². The van der Waals surface area contributed by atoms with Crippen molar-refractivity contribution in [2.24, 2.45) is 0 Å². The van der Waals surface area contributed by atoms with E-state index in [9.17, 15) is 0 Å². The molecule has 4 nitrogen and oxygen atoms in total. The first-order valence-corrected chi connectivity index (χ1v) is 13.7. The standard InChI is InChI=1S/C9H14N4.2HI.Pd/c1-10-3-5-12(7-10)9-13-6-4-11(2)8-13;;;/h3-8H,9H2,1-2H3;2*1H;/q-2;;;+2/p-2. The summed E-state index contributed by atoms with van der Waals surface area (Å²) < 4.78 is 0. The topological polar surface area (TPSA) is 13.0 Å². The SMILES string of the molecule is CN1C=CN(CN2C=CN(C)[CH-]2)[CH-]1.[I][Pd][I]. The van der Waals surface area contributed by atoms with Gasteiger partial charge in [-0.2, -0.15) is 13.3 Å². The van der Waals surface area contributed by atoms with Crippen LogP contribution in [0.5, 0.6) is 0 Å². The van der Waals surface area contributed by atoms with Gasteiger partial charge >= 0.3 is 49.8 Å². The Hall–Kier alpha value is 0.802. The molecule has 0 radical (unpaired) electrons. The molecule has 0 unspecified atom stereocenters. The average Bonchev–Trinajstić information content (AvgIpc) is 2.78. The second-order valence-corrected chi connectivity index (χ2v) is 15.4. The van der Waals surface area contributed by atoms with Crippen LogP contribution in [-0.2, 0) is 10.8 Å². The molecule has 0 saturated heterocycles. The summed E-state index contributed by atoms with van der Waals surface area (Å²) in [5.74, 6) is 0. The van der Waals surface area contributed by atoms with E-state index in [1.165, 1.54) is 0 Å². The van der Waals surface area contributed by atoms with Crippen LogP contribution < -0.4 is 0 Å². The Balaban J connectivity index is 0.000000386. The van der Waals surface area contributed by atoms with Crippen molar-refractivity contribution < 1.29 is 10.8 Å². The van der Waals surface area contributed by atoms with Crippen LogP contribution in [0.15, 0.2) is 24.8 Å². The van der Waals surface area contributed by atoms with Gasteiger partial charge < -0.3 is 19.6 Å². The number of nitrogens with zero attached hydrogens (tertiary/aromatic N) is 4. The van der Waals surface area contributed by atoms with E-state index in [1.807, 2.05) is 36.3 Å². The van der Waals surface area contributed by atoms with Crippen LogP contribution in [0.3, 0.4) is 0 Å². The molecule has 0 bridgehead atoms. The van der Waals surface area contributed by atoms with Crippen molar-refractivity contribution in [3.63, 3.8) is 0 Å². The van der Waals surface area contributed by atoms with E-state index in [-0.39, 0.29) is 0 Å². The number of hydrogen-bond donors (Lipinski definition) is 0. The second kappa shape index (κ2) is 8.00. The molecule has 2 aliphatic rings. The molecule has 0 aromatic heterocycles. The quantitative estimate of drug-likeness (QED) is 0.304. The first-order valence-electron chi connectivity index (χ1n) is 4.50. The summed E-state index contributed by atoms with van der Waals surface area (Å²) in [5.41, 5.74) is 0. The Morgan fingerprint density at radius 1 is 0.938 bits per heavy atom. The zero-order valence-corrected chi connectivity index (χ0v) is 14.9. The van der Waals surface area contributed by atoms with Gasteiger partial charge in [-0.25, -0.2) is 0 Å². The van der Waals surface area contributed by atoms with Gasteiger partial charge in [-0.3, -0.25) is 0 Å². The Kier molecular flexibility index (Phi) is 7.43. The normalized spacial score (nSPS) is 18.5. The van der Waals surface area contributed by atoms with Gasteiger partial charge in [-0.1, -0.05) is 0 Å². The Morgan fingerprint density at radius 2 is 1.31 bits per heavy atom. The van der Waals surface area contributed by atoms with E-state index in [0.29, 0.717) is 0 Å². The van der Waals surface area contributed by atoms with Crippen molar-refractivity contribution in [3.8, 4) is 0 Å². The molecule has 2 rings (SSSR count). The van der Waals surface area contributed by atoms with Crippen molar-refractivity contribution in [1.29, 1.82) is 0 Å². The van der Waals surface area contributed by atoms with Crippen molar-refractivity contribution in [3.05, 3.63) is 38.1 Å². The summed E-state index contributed by atoms with van der Waals surface area (Å²) in [4.78, 5) is 8.31. The van der Waals surface area contributed by atoms with Crippen LogP contribution in [-0.4, -0.2) is 40.4 Å². The van der Waals surface area contributed by atoms with Gasteiger partial charge in [-0.15, -0.1) is 0 Å². The van der Waals surface area contributed by atoms with Gasteiger partial charge in [0.15, 0.2) is 0 Å². The maximum absolute atomic E-state index is 2.33. The Bertz CT molecular complexity index is 238. The first kappa shape index (κ1) is 14.9. The fourth-order valence-corrected chi connectivity index (χ4v) is 1.36. The van der Waals surface area contributed by atoms with E-state index >= 15 is 0 Å². The maximum atomic E-state index is 2.33. The van der Waals surface area contributed by atoms with Gasteiger partial charge in [0.25, 0.3) is 0 Å². The zero-order chi connectivity index (χ0) is 12.0. The van der Waals surface area contributed by atoms with E-state index < -0.39 is 0 Å². The van der Waals surface area contributed by atoms with Crippen LogP contribution in [0.2, 0.25) is 0 Å². The summed E-state index contributed by atoms with van der Waals surface area (Å²) >= 11 is 4.65. The third kappa shape index (κ3) is 5.42. The van der Waals surface area contributed by atoms with Crippen LogP contribution in [0.1, 0.15) is 0 Å². The number of hydrogen-bond acceptors (Lipinski definition) is 4. The van der Waals surface area contributed by atoms with Gasteiger partial charge in [0.2, 0.25) is 0 Å². The molecule has 0 atom stereocenters. The number of rotatable bonds is 2. The molecule has 0 N–H and O–H groups in total. The Labute approximate surface area is 127 Å². The van der Waals surface area contributed by atoms with Crippen molar-refractivity contribution in [2.45, 2.75) is 0 Å².